The zero-order valence-electron chi connectivity index (χ0n) is 19.4. The normalized spacial score (nSPS) is 19.3. The van der Waals surface area contributed by atoms with Crippen molar-refractivity contribution >= 4 is 29.4 Å². The number of ether oxygens (including phenoxy) is 2. The van der Waals surface area contributed by atoms with Crippen LogP contribution in [0.15, 0.2) is 48.5 Å². The molecule has 1 fully saturated rings. The van der Waals surface area contributed by atoms with Crippen molar-refractivity contribution in [1.29, 1.82) is 0 Å². The van der Waals surface area contributed by atoms with Crippen molar-refractivity contribution in [3.8, 4) is 0 Å². The lowest BCUT2D eigenvalue weighted by Crippen LogP contribution is -2.31. The van der Waals surface area contributed by atoms with Crippen molar-refractivity contribution in [1.82, 2.24) is 0 Å². The zero-order valence-corrected chi connectivity index (χ0v) is 19.4. The van der Waals surface area contributed by atoms with Gasteiger partial charge < -0.3 is 20.9 Å². The second kappa shape index (κ2) is 11.3. The predicted octanol–water partition coefficient (Wildman–Crippen LogP) is 5.49. The minimum Gasteiger partial charge on any atom is -0.462 e. The molecule has 2 aromatic rings. The molecule has 0 heterocycles. The Morgan fingerprint density at radius 3 is 2.20 bits per heavy atom. The summed E-state index contributed by atoms with van der Waals surface area (Å²) in [6, 6.07) is 11.6. The highest BCUT2D eigenvalue weighted by molar-refractivity contribution is 5.90. The molecule has 6 nitrogen and oxygen atoms in total. The van der Waals surface area contributed by atoms with Gasteiger partial charge in [0.15, 0.2) is 0 Å². The Morgan fingerprint density at radius 1 is 1.03 bits per heavy atom. The quantitative estimate of drug-likeness (QED) is 0.302. The minimum atomic E-state index is -4.20. The molecule has 0 saturated heterocycles. The number of halogens is 3. The molecular formula is C26H29F3N2O4. The van der Waals surface area contributed by atoms with Gasteiger partial charge in [0, 0.05) is 23.4 Å². The van der Waals surface area contributed by atoms with Crippen LogP contribution in [0.4, 0.5) is 24.5 Å². The van der Waals surface area contributed by atoms with E-state index in [1.165, 1.54) is 6.08 Å². The molecule has 188 valence electrons. The van der Waals surface area contributed by atoms with Crippen LogP contribution in [0.3, 0.4) is 0 Å². The SMILES string of the molecule is CC(COC(=O)/C=C/c1ccc(C(=O)OC2CCC(C(F)(F)F)CC2)cc1)c1cc(N)cc(N)c1. The minimum absolute atomic E-state index is 0.0342. The standard InChI is InChI=1S/C26H29F3N2O4/c1-16(19-12-21(30)14-22(31)13-19)15-34-24(32)11-4-17-2-5-18(6-3-17)25(33)35-23-9-7-20(8-10-23)26(27,28)29/h2-6,11-14,16,20,23H,7-10,15,30-31H2,1H3/b11-4+. The lowest BCUT2D eigenvalue weighted by molar-refractivity contribution is -0.185. The van der Waals surface area contributed by atoms with E-state index in [1.54, 1.807) is 48.5 Å². The number of rotatable bonds is 7. The largest absolute Gasteiger partial charge is 0.462 e. The van der Waals surface area contributed by atoms with Crippen molar-refractivity contribution in [2.75, 3.05) is 18.1 Å². The first-order valence-corrected chi connectivity index (χ1v) is 11.4. The third-order valence-electron chi connectivity index (χ3n) is 6.01. The summed E-state index contributed by atoms with van der Waals surface area (Å²) < 4.78 is 49.0. The molecule has 1 aliphatic carbocycles. The highest BCUT2D eigenvalue weighted by Crippen LogP contribution is 2.38. The van der Waals surface area contributed by atoms with E-state index in [9.17, 15) is 22.8 Å². The summed E-state index contributed by atoms with van der Waals surface area (Å²) in [6.45, 7) is 2.05. The smallest absolute Gasteiger partial charge is 0.391 e. The lowest BCUT2D eigenvalue weighted by atomic mass is 9.87. The first-order valence-electron chi connectivity index (χ1n) is 11.4. The van der Waals surface area contributed by atoms with Gasteiger partial charge in [-0.25, -0.2) is 9.59 Å². The van der Waals surface area contributed by atoms with E-state index in [0.717, 1.165) is 5.56 Å². The average Bonchev–Trinajstić information content (AvgIpc) is 2.80. The molecule has 9 heteroatoms. The summed E-state index contributed by atoms with van der Waals surface area (Å²) in [5.41, 5.74) is 14.5. The van der Waals surface area contributed by atoms with E-state index in [-0.39, 0.29) is 43.8 Å². The van der Waals surface area contributed by atoms with E-state index in [1.807, 2.05) is 6.92 Å². The summed E-state index contributed by atoms with van der Waals surface area (Å²) in [5, 5.41) is 0. The Balaban J connectivity index is 1.45. The first-order chi connectivity index (χ1) is 16.5. The third kappa shape index (κ3) is 7.77. The number of anilines is 2. The van der Waals surface area contributed by atoms with Gasteiger partial charge in [-0.2, -0.15) is 13.2 Å². The summed E-state index contributed by atoms with van der Waals surface area (Å²) in [6.07, 6.45) is -1.55. The fraction of sp³-hybridized carbons (Fsp3) is 0.385. The van der Waals surface area contributed by atoms with Gasteiger partial charge in [0.2, 0.25) is 0 Å². The second-order valence-corrected chi connectivity index (χ2v) is 8.84. The summed E-state index contributed by atoms with van der Waals surface area (Å²) in [4.78, 5) is 24.4. The maximum atomic E-state index is 12.8. The van der Waals surface area contributed by atoms with Gasteiger partial charge in [-0.15, -0.1) is 0 Å². The Kier molecular flexibility index (Phi) is 8.43. The van der Waals surface area contributed by atoms with Gasteiger partial charge in [0.05, 0.1) is 18.1 Å². The van der Waals surface area contributed by atoms with Crippen LogP contribution in [0.2, 0.25) is 0 Å². The predicted molar refractivity (Wildman–Crippen MR) is 127 cm³/mol. The van der Waals surface area contributed by atoms with E-state index in [0.29, 0.717) is 16.9 Å². The fourth-order valence-electron chi connectivity index (χ4n) is 3.96. The van der Waals surface area contributed by atoms with Crippen molar-refractivity contribution in [2.24, 2.45) is 5.92 Å². The van der Waals surface area contributed by atoms with Gasteiger partial charge in [0.1, 0.15) is 6.10 Å². The highest BCUT2D eigenvalue weighted by atomic mass is 19.4. The Labute approximate surface area is 202 Å². The van der Waals surface area contributed by atoms with Crippen molar-refractivity contribution in [3.63, 3.8) is 0 Å². The van der Waals surface area contributed by atoms with E-state index in [4.69, 9.17) is 20.9 Å². The molecule has 0 bridgehead atoms. The fourth-order valence-corrected chi connectivity index (χ4v) is 3.96. The molecule has 0 amide bonds. The van der Waals surface area contributed by atoms with Gasteiger partial charge in [-0.05, 0) is 73.2 Å². The molecule has 1 saturated carbocycles. The number of carbonyl (C=O) groups is 2. The molecule has 35 heavy (non-hydrogen) atoms. The average molecular weight is 491 g/mol. The number of hydrogen-bond acceptors (Lipinski definition) is 6. The number of nitrogens with two attached hydrogens (primary N) is 2. The van der Waals surface area contributed by atoms with Crippen LogP contribution in [0.5, 0.6) is 0 Å². The van der Waals surface area contributed by atoms with Crippen molar-refractivity contribution < 1.29 is 32.2 Å². The van der Waals surface area contributed by atoms with Crippen LogP contribution < -0.4 is 11.5 Å². The Morgan fingerprint density at radius 2 is 1.63 bits per heavy atom. The summed E-state index contributed by atoms with van der Waals surface area (Å²) >= 11 is 0. The van der Waals surface area contributed by atoms with Crippen LogP contribution >= 0.6 is 0 Å². The summed E-state index contributed by atoms with van der Waals surface area (Å²) in [5.74, 6) is -2.51. The van der Waals surface area contributed by atoms with Crippen LogP contribution in [-0.4, -0.2) is 30.8 Å². The van der Waals surface area contributed by atoms with Crippen LogP contribution in [-0.2, 0) is 14.3 Å². The first kappa shape index (κ1) is 26.1. The molecular weight excluding hydrogens is 461 g/mol. The van der Waals surface area contributed by atoms with Crippen LogP contribution in [0, 0.1) is 5.92 Å². The number of esters is 2. The number of nitrogen functional groups attached to an aromatic ring is 2. The third-order valence-corrected chi connectivity index (χ3v) is 6.01. The van der Waals surface area contributed by atoms with Crippen LogP contribution in [0.25, 0.3) is 6.08 Å². The second-order valence-electron chi connectivity index (χ2n) is 8.84. The molecule has 1 aliphatic rings. The highest BCUT2D eigenvalue weighted by Gasteiger charge is 2.42. The molecule has 0 spiro atoms. The molecule has 4 N–H and O–H groups in total. The molecule has 0 aromatic heterocycles. The number of carbonyl (C=O) groups excluding carboxylic acids is 2. The van der Waals surface area contributed by atoms with Crippen molar-refractivity contribution in [2.45, 2.75) is 50.8 Å². The van der Waals surface area contributed by atoms with Gasteiger partial charge in [-0.3, -0.25) is 0 Å². The molecule has 3 rings (SSSR count). The molecule has 1 unspecified atom stereocenters. The van der Waals surface area contributed by atoms with Crippen molar-refractivity contribution in [3.05, 3.63) is 65.2 Å². The lowest BCUT2D eigenvalue weighted by Gasteiger charge is -2.29. The molecule has 2 aromatic carbocycles. The van der Waals surface area contributed by atoms with E-state index < -0.39 is 30.1 Å². The summed E-state index contributed by atoms with van der Waals surface area (Å²) in [7, 11) is 0. The van der Waals surface area contributed by atoms with Gasteiger partial charge >= 0.3 is 18.1 Å². The number of alkyl halides is 3. The van der Waals surface area contributed by atoms with E-state index in [2.05, 4.69) is 0 Å². The number of benzene rings is 2. The molecule has 1 atom stereocenters. The maximum Gasteiger partial charge on any atom is 0.391 e. The van der Waals surface area contributed by atoms with Gasteiger partial charge in [-0.1, -0.05) is 19.1 Å². The zero-order chi connectivity index (χ0) is 25.6. The monoisotopic (exact) mass is 490 g/mol. The Bertz CT molecular complexity index is 1040. The van der Waals surface area contributed by atoms with E-state index >= 15 is 0 Å². The van der Waals surface area contributed by atoms with Gasteiger partial charge in [0.25, 0.3) is 0 Å². The maximum absolute atomic E-state index is 12.8. The molecule has 0 aliphatic heterocycles. The topological polar surface area (TPSA) is 105 Å². The Hall–Kier alpha value is -3.49. The van der Waals surface area contributed by atoms with Crippen LogP contribution in [0.1, 0.15) is 60.0 Å². The number of hydrogen-bond donors (Lipinski definition) is 2. The molecule has 0 radical (unpaired) electrons.